The molecule has 144 valence electrons. The number of aryl methyl sites for hydroxylation is 1. The van der Waals surface area contributed by atoms with Crippen LogP contribution in [0.5, 0.6) is 5.75 Å². The maximum atomic E-state index is 6.24. The fourth-order valence-corrected chi connectivity index (χ4v) is 4.25. The quantitative estimate of drug-likeness (QED) is 0.625. The molecule has 0 radical (unpaired) electrons. The van der Waals surface area contributed by atoms with Crippen molar-refractivity contribution in [1.82, 2.24) is 5.32 Å². The van der Waals surface area contributed by atoms with E-state index < -0.39 is 0 Å². The van der Waals surface area contributed by atoms with Crippen LogP contribution in [0.1, 0.15) is 56.1 Å². The molecule has 1 aliphatic carbocycles. The third kappa shape index (κ3) is 4.50. The number of guanidine groups is 1. The first kappa shape index (κ1) is 19.0. The second kappa shape index (κ2) is 8.76. The van der Waals surface area contributed by atoms with Gasteiger partial charge in [0.15, 0.2) is 5.96 Å². The molecule has 1 aromatic rings. The van der Waals surface area contributed by atoms with Crippen LogP contribution in [-0.4, -0.2) is 38.9 Å². The van der Waals surface area contributed by atoms with Crippen molar-refractivity contribution in [2.75, 3.05) is 26.9 Å². The standard InChI is InChI=1S/C21H33N3O2/c1-16-8-9-19(25-2)18(14-16)21(10-12-26-13-11-21)15-23-20(22)24-17-6-4-3-5-7-17/h8-9,14,17H,3-7,10-13,15H2,1-2H3,(H3,22,23,24). The Labute approximate surface area is 157 Å². The van der Waals surface area contributed by atoms with E-state index in [1.165, 1.54) is 43.2 Å². The molecule has 26 heavy (non-hydrogen) atoms. The molecule has 0 atom stereocenters. The number of nitrogens with zero attached hydrogens (tertiary/aromatic N) is 1. The van der Waals surface area contributed by atoms with Gasteiger partial charge < -0.3 is 20.5 Å². The minimum absolute atomic E-state index is 0.0749. The molecule has 1 heterocycles. The maximum absolute atomic E-state index is 6.24. The maximum Gasteiger partial charge on any atom is 0.188 e. The van der Waals surface area contributed by atoms with Crippen LogP contribution in [0.2, 0.25) is 0 Å². The fourth-order valence-electron chi connectivity index (χ4n) is 4.25. The molecule has 1 aromatic carbocycles. The summed E-state index contributed by atoms with van der Waals surface area (Å²) in [6.07, 6.45) is 8.17. The van der Waals surface area contributed by atoms with E-state index in [0.29, 0.717) is 18.5 Å². The Balaban J connectivity index is 1.79. The first-order valence-corrected chi connectivity index (χ1v) is 9.92. The summed E-state index contributed by atoms with van der Waals surface area (Å²) in [5.41, 5.74) is 8.63. The zero-order valence-corrected chi connectivity index (χ0v) is 16.2. The molecular formula is C21H33N3O2. The van der Waals surface area contributed by atoms with Crippen LogP contribution in [0.3, 0.4) is 0 Å². The van der Waals surface area contributed by atoms with Crippen LogP contribution in [-0.2, 0) is 10.2 Å². The Morgan fingerprint density at radius 2 is 2.00 bits per heavy atom. The van der Waals surface area contributed by atoms with Crippen molar-refractivity contribution in [2.24, 2.45) is 10.7 Å². The predicted molar refractivity (Wildman–Crippen MR) is 106 cm³/mol. The van der Waals surface area contributed by atoms with Crippen molar-refractivity contribution in [3.05, 3.63) is 29.3 Å². The summed E-state index contributed by atoms with van der Waals surface area (Å²) in [5.74, 6) is 1.51. The summed E-state index contributed by atoms with van der Waals surface area (Å²) < 4.78 is 11.3. The van der Waals surface area contributed by atoms with Gasteiger partial charge in [-0.1, -0.05) is 37.0 Å². The van der Waals surface area contributed by atoms with E-state index >= 15 is 0 Å². The smallest absolute Gasteiger partial charge is 0.188 e. The first-order valence-electron chi connectivity index (χ1n) is 9.92. The number of ether oxygens (including phenoxy) is 2. The van der Waals surface area contributed by atoms with Gasteiger partial charge in [0, 0.05) is 30.2 Å². The van der Waals surface area contributed by atoms with Gasteiger partial charge in [0.25, 0.3) is 0 Å². The lowest BCUT2D eigenvalue weighted by Gasteiger charge is -2.37. The van der Waals surface area contributed by atoms with Crippen LogP contribution in [0.25, 0.3) is 0 Å². The van der Waals surface area contributed by atoms with Crippen LogP contribution < -0.4 is 15.8 Å². The van der Waals surface area contributed by atoms with Crippen LogP contribution in [0.4, 0.5) is 0 Å². The molecule has 0 spiro atoms. The Morgan fingerprint density at radius 1 is 1.27 bits per heavy atom. The van der Waals surface area contributed by atoms with Crippen LogP contribution in [0.15, 0.2) is 23.2 Å². The molecule has 0 bridgehead atoms. The zero-order valence-electron chi connectivity index (χ0n) is 16.2. The molecule has 5 heteroatoms. The minimum Gasteiger partial charge on any atom is -0.496 e. The summed E-state index contributed by atoms with van der Waals surface area (Å²) in [5, 5.41) is 3.43. The van der Waals surface area contributed by atoms with Crippen molar-refractivity contribution >= 4 is 5.96 Å². The van der Waals surface area contributed by atoms with Gasteiger partial charge in [-0.25, -0.2) is 0 Å². The van der Waals surface area contributed by atoms with Gasteiger partial charge in [-0.3, -0.25) is 4.99 Å². The molecule has 2 fully saturated rings. The third-order valence-electron chi connectivity index (χ3n) is 5.89. The van der Waals surface area contributed by atoms with Crippen molar-refractivity contribution in [2.45, 2.75) is 63.3 Å². The molecule has 0 aromatic heterocycles. The van der Waals surface area contributed by atoms with Gasteiger partial charge in [0.1, 0.15) is 5.75 Å². The Kier molecular flexibility index (Phi) is 6.41. The summed E-state index contributed by atoms with van der Waals surface area (Å²) in [6.45, 7) is 4.30. The third-order valence-corrected chi connectivity index (χ3v) is 5.89. The number of hydrogen-bond acceptors (Lipinski definition) is 3. The molecule has 0 unspecified atom stereocenters. The van der Waals surface area contributed by atoms with E-state index in [-0.39, 0.29) is 5.41 Å². The van der Waals surface area contributed by atoms with Crippen LogP contribution >= 0.6 is 0 Å². The number of rotatable bonds is 5. The normalized spacial score (nSPS) is 21.4. The molecule has 2 aliphatic rings. The van der Waals surface area contributed by atoms with Gasteiger partial charge >= 0.3 is 0 Å². The molecule has 3 rings (SSSR count). The molecule has 3 N–H and O–H groups in total. The van der Waals surface area contributed by atoms with Gasteiger partial charge in [-0.15, -0.1) is 0 Å². The van der Waals surface area contributed by atoms with Crippen molar-refractivity contribution in [3.63, 3.8) is 0 Å². The topological polar surface area (TPSA) is 68.9 Å². The van der Waals surface area contributed by atoms with E-state index in [9.17, 15) is 0 Å². The predicted octanol–water partition coefficient (Wildman–Crippen LogP) is 3.29. The number of benzene rings is 1. The number of nitrogens with one attached hydrogen (secondary N) is 1. The average molecular weight is 360 g/mol. The largest absolute Gasteiger partial charge is 0.496 e. The SMILES string of the molecule is COc1ccc(C)cc1C1(CN=C(N)NC2CCCCC2)CCOCC1. The highest BCUT2D eigenvalue weighted by atomic mass is 16.5. The Bertz CT molecular complexity index is 618. The highest BCUT2D eigenvalue weighted by molar-refractivity contribution is 5.78. The summed E-state index contributed by atoms with van der Waals surface area (Å²) >= 11 is 0. The zero-order chi connectivity index (χ0) is 18.4. The van der Waals surface area contributed by atoms with E-state index in [2.05, 4.69) is 30.4 Å². The molecule has 1 saturated heterocycles. The molecule has 0 amide bonds. The molecular weight excluding hydrogens is 326 g/mol. The number of methoxy groups -OCH3 is 1. The van der Waals surface area contributed by atoms with Gasteiger partial charge in [-0.2, -0.15) is 0 Å². The van der Waals surface area contributed by atoms with E-state index in [0.717, 1.165) is 31.8 Å². The Morgan fingerprint density at radius 3 is 2.69 bits per heavy atom. The highest BCUT2D eigenvalue weighted by Gasteiger charge is 2.37. The minimum atomic E-state index is -0.0749. The molecule has 1 saturated carbocycles. The lowest BCUT2D eigenvalue weighted by molar-refractivity contribution is 0.0522. The highest BCUT2D eigenvalue weighted by Crippen LogP contribution is 2.40. The van der Waals surface area contributed by atoms with E-state index in [1.54, 1.807) is 7.11 Å². The van der Waals surface area contributed by atoms with Crippen molar-refractivity contribution < 1.29 is 9.47 Å². The monoisotopic (exact) mass is 359 g/mol. The van der Waals surface area contributed by atoms with Crippen molar-refractivity contribution in [1.29, 1.82) is 0 Å². The first-order chi connectivity index (χ1) is 12.6. The summed E-state index contributed by atoms with van der Waals surface area (Å²) in [7, 11) is 1.74. The number of hydrogen-bond donors (Lipinski definition) is 2. The fraction of sp³-hybridized carbons (Fsp3) is 0.667. The van der Waals surface area contributed by atoms with Crippen LogP contribution in [0, 0.1) is 6.92 Å². The van der Waals surface area contributed by atoms with Gasteiger partial charge in [0.05, 0.1) is 13.7 Å². The van der Waals surface area contributed by atoms with Gasteiger partial charge in [0.2, 0.25) is 0 Å². The van der Waals surface area contributed by atoms with E-state index in [1.807, 2.05) is 0 Å². The lowest BCUT2D eigenvalue weighted by Crippen LogP contribution is -2.43. The number of nitrogens with two attached hydrogens (primary N) is 1. The average Bonchev–Trinajstić information content (AvgIpc) is 2.68. The number of aliphatic imine (C=N–C) groups is 1. The van der Waals surface area contributed by atoms with Gasteiger partial charge in [-0.05, 0) is 38.7 Å². The second-order valence-corrected chi connectivity index (χ2v) is 7.78. The Hall–Kier alpha value is -1.75. The van der Waals surface area contributed by atoms with E-state index in [4.69, 9.17) is 20.2 Å². The molecule has 1 aliphatic heterocycles. The summed E-state index contributed by atoms with van der Waals surface area (Å²) in [4.78, 5) is 4.77. The van der Waals surface area contributed by atoms with Crippen molar-refractivity contribution in [3.8, 4) is 5.75 Å². The molecule has 5 nitrogen and oxygen atoms in total. The summed E-state index contributed by atoms with van der Waals surface area (Å²) in [6, 6.07) is 6.88. The lowest BCUT2D eigenvalue weighted by atomic mass is 9.73. The second-order valence-electron chi connectivity index (χ2n) is 7.78.